The van der Waals surface area contributed by atoms with Crippen molar-refractivity contribution >= 4 is 0 Å². The molecule has 0 spiro atoms. The van der Waals surface area contributed by atoms with E-state index in [1.165, 1.54) is 0 Å². The van der Waals surface area contributed by atoms with Gasteiger partial charge in [-0.05, 0) is 18.8 Å². The molecular weight excluding hydrogens is 190 g/mol. The summed E-state index contributed by atoms with van der Waals surface area (Å²) in [5.74, 6) is 0.532. The molecule has 0 aromatic rings. The van der Waals surface area contributed by atoms with Crippen LogP contribution in [0.15, 0.2) is 12.2 Å². The Morgan fingerprint density at radius 1 is 1.33 bits per heavy atom. The minimum atomic E-state index is -0.385. The van der Waals surface area contributed by atoms with Gasteiger partial charge in [0.1, 0.15) is 0 Å². The summed E-state index contributed by atoms with van der Waals surface area (Å²) in [6.07, 6.45) is 6.14. The lowest BCUT2D eigenvalue weighted by Crippen LogP contribution is -2.36. The number of hydrogen-bond donors (Lipinski definition) is 2. The van der Waals surface area contributed by atoms with E-state index in [-0.39, 0.29) is 6.10 Å². The van der Waals surface area contributed by atoms with Gasteiger partial charge in [0.25, 0.3) is 0 Å². The zero-order chi connectivity index (χ0) is 11.1. The number of nitrogens with one attached hydrogen (secondary N) is 1. The molecule has 1 atom stereocenters. The number of aliphatic hydroxyl groups excluding tert-OH is 1. The van der Waals surface area contributed by atoms with Crippen LogP contribution >= 0.6 is 0 Å². The molecule has 0 saturated heterocycles. The molecule has 0 aromatic heterocycles. The summed E-state index contributed by atoms with van der Waals surface area (Å²) in [6.45, 7) is 6.00. The lowest BCUT2D eigenvalue weighted by molar-refractivity contribution is 0.0251. The van der Waals surface area contributed by atoms with E-state index < -0.39 is 0 Å². The molecule has 0 bridgehead atoms. The van der Waals surface area contributed by atoms with Crippen LogP contribution < -0.4 is 5.32 Å². The number of rotatable bonds is 7. The summed E-state index contributed by atoms with van der Waals surface area (Å²) in [4.78, 5) is 0. The molecule has 0 radical (unpaired) electrons. The largest absolute Gasteiger partial charge is 0.389 e. The van der Waals surface area contributed by atoms with Crippen molar-refractivity contribution < 1.29 is 9.84 Å². The molecular formula is C12H23NO2. The molecule has 1 unspecified atom stereocenters. The zero-order valence-corrected chi connectivity index (χ0v) is 9.78. The average molecular weight is 213 g/mol. The highest BCUT2D eigenvalue weighted by Gasteiger charge is 2.11. The fraction of sp³-hybridized carbons (Fsp3) is 0.833. The Labute approximate surface area is 92.5 Å². The minimum Gasteiger partial charge on any atom is -0.389 e. The van der Waals surface area contributed by atoms with Crippen molar-refractivity contribution in [3.63, 3.8) is 0 Å². The molecule has 1 aliphatic rings. The second-order valence-corrected chi connectivity index (χ2v) is 4.63. The zero-order valence-electron chi connectivity index (χ0n) is 9.78. The SMILES string of the molecule is CC(C)COCC(O)CNC1CC=CC1. The number of aliphatic hydroxyl groups is 1. The van der Waals surface area contributed by atoms with Crippen LogP contribution in [0, 0.1) is 5.92 Å². The van der Waals surface area contributed by atoms with Crippen LogP contribution in [0.3, 0.4) is 0 Å². The van der Waals surface area contributed by atoms with Gasteiger partial charge in [0.05, 0.1) is 12.7 Å². The van der Waals surface area contributed by atoms with Crippen LogP contribution in [-0.4, -0.2) is 37.0 Å². The number of ether oxygens (including phenoxy) is 1. The summed E-state index contributed by atoms with van der Waals surface area (Å²) in [7, 11) is 0. The van der Waals surface area contributed by atoms with Gasteiger partial charge in [0.15, 0.2) is 0 Å². The van der Waals surface area contributed by atoms with Crippen LogP contribution in [0.5, 0.6) is 0 Å². The van der Waals surface area contributed by atoms with Crippen LogP contribution in [0.2, 0.25) is 0 Å². The third kappa shape index (κ3) is 5.92. The highest BCUT2D eigenvalue weighted by atomic mass is 16.5. The fourth-order valence-electron chi connectivity index (χ4n) is 1.59. The van der Waals surface area contributed by atoms with E-state index in [0.717, 1.165) is 19.4 Å². The molecule has 88 valence electrons. The molecule has 1 aliphatic carbocycles. The average Bonchev–Trinajstić information content (AvgIpc) is 2.66. The first-order valence-corrected chi connectivity index (χ1v) is 5.82. The summed E-state index contributed by atoms with van der Waals surface area (Å²) in [5.41, 5.74) is 0. The van der Waals surface area contributed by atoms with Crippen LogP contribution in [0.1, 0.15) is 26.7 Å². The van der Waals surface area contributed by atoms with Gasteiger partial charge in [0.2, 0.25) is 0 Å². The Hall–Kier alpha value is -0.380. The smallest absolute Gasteiger partial charge is 0.0897 e. The Kier molecular flexibility index (Phi) is 5.91. The molecule has 3 nitrogen and oxygen atoms in total. The maximum absolute atomic E-state index is 9.61. The second-order valence-electron chi connectivity index (χ2n) is 4.63. The second kappa shape index (κ2) is 6.99. The molecule has 15 heavy (non-hydrogen) atoms. The Balaban J connectivity index is 1.95. The van der Waals surface area contributed by atoms with Gasteiger partial charge in [-0.1, -0.05) is 26.0 Å². The van der Waals surface area contributed by atoms with E-state index in [9.17, 15) is 5.11 Å². The van der Waals surface area contributed by atoms with Crippen molar-refractivity contribution in [2.24, 2.45) is 5.92 Å². The Morgan fingerprint density at radius 3 is 2.60 bits per heavy atom. The predicted molar refractivity (Wildman–Crippen MR) is 61.8 cm³/mol. The molecule has 1 rings (SSSR count). The van der Waals surface area contributed by atoms with Gasteiger partial charge < -0.3 is 15.2 Å². The molecule has 0 aliphatic heterocycles. The minimum absolute atomic E-state index is 0.385. The lowest BCUT2D eigenvalue weighted by atomic mass is 10.2. The maximum Gasteiger partial charge on any atom is 0.0897 e. The monoisotopic (exact) mass is 213 g/mol. The quantitative estimate of drug-likeness (QED) is 0.627. The van der Waals surface area contributed by atoms with E-state index in [0.29, 0.717) is 25.1 Å². The summed E-state index contributed by atoms with van der Waals surface area (Å²) in [6, 6.07) is 0.518. The predicted octanol–water partition coefficient (Wildman–Crippen LogP) is 1.33. The van der Waals surface area contributed by atoms with Crippen LogP contribution in [-0.2, 0) is 4.74 Å². The van der Waals surface area contributed by atoms with Crippen molar-refractivity contribution in [1.82, 2.24) is 5.32 Å². The number of hydrogen-bond acceptors (Lipinski definition) is 3. The highest BCUT2D eigenvalue weighted by Crippen LogP contribution is 2.08. The first kappa shape index (κ1) is 12.7. The van der Waals surface area contributed by atoms with E-state index >= 15 is 0 Å². The van der Waals surface area contributed by atoms with Gasteiger partial charge in [-0.3, -0.25) is 0 Å². The van der Waals surface area contributed by atoms with E-state index in [2.05, 4.69) is 31.3 Å². The van der Waals surface area contributed by atoms with Crippen molar-refractivity contribution in [3.8, 4) is 0 Å². The third-order valence-corrected chi connectivity index (χ3v) is 2.41. The Bertz CT molecular complexity index is 184. The van der Waals surface area contributed by atoms with E-state index in [4.69, 9.17) is 4.74 Å². The van der Waals surface area contributed by atoms with Crippen molar-refractivity contribution in [3.05, 3.63) is 12.2 Å². The molecule has 0 saturated carbocycles. The standard InChI is InChI=1S/C12H23NO2/c1-10(2)8-15-9-12(14)7-13-11-5-3-4-6-11/h3-4,10-14H,5-9H2,1-2H3. The van der Waals surface area contributed by atoms with Gasteiger partial charge in [-0.2, -0.15) is 0 Å². The van der Waals surface area contributed by atoms with Crippen molar-refractivity contribution in [2.45, 2.75) is 38.8 Å². The molecule has 0 heterocycles. The molecule has 0 aromatic carbocycles. The van der Waals surface area contributed by atoms with Gasteiger partial charge in [0, 0.05) is 19.2 Å². The summed E-state index contributed by atoms with van der Waals surface area (Å²) in [5, 5.41) is 12.9. The van der Waals surface area contributed by atoms with Gasteiger partial charge in [-0.15, -0.1) is 0 Å². The first-order valence-electron chi connectivity index (χ1n) is 5.82. The summed E-state index contributed by atoms with van der Waals surface area (Å²) < 4.78 is 5.37. The third-order valence-electron chi connectivity index (χ3n) is 2.41. The van der Waals surface area contributed by atoms with Crippen molar-refractivity contribution in [1.29, 1.82) is 0 Å². The van der Waals surface area contributed by atoms with E-state index in [1.54, 1.807) is 0 Å². The molecule has 2 N–H and O–H groups in total. The van der Waals surface area contributed by atoms with Gasteiger partial charge >= 0.3 is 0 Å². The topological polar surface area (TPSA) is 41.5 Å². The Morgan fingerprint density at radius 2 is 2.00 bits per heavy atom. The van der Waals surface area contributed by atoms with Crippen LogP contribution in [0.4, 0.5) is 0 Å². The highest BCUT2D eigenvalue weighted by molar-refractivity contribution is 4.97. The summed E-state index contributed by atoms with van der Waals surface area (Å²) >= 11 is 0. The van der Waals surface area contributed by atoms with E-state index in [1.807, 2.05) is 0 Å². The van der Waals surface area contributed by atoms with Crippen molar-refractivity contribution in [2.75, 3.05) is 19.8 Å². The molecule has 3 heteroatoms. The first-order chi connectivity index (χ1) is 7.18. The van der Waals surface area contributed by atoms with Gasteiger partial charge in [-0.25, -0.2) is 0 Å². The lowest BCUT2D eigenvalue weighted by Gasteiger charge is -2.16. The fourth-order valence-corrected chi connectivity index (χ4v) is 1.59. The van der Waals surface area contributed by atoms with Crippen LogP contribution in [0.25, 0.3) is 0 Å². The molecule has 0 amide bonds. The normalized spacial score (nSPS) is 18.9. The maximum atomic E-state index is 9.61. The molecule has 0 fully saturated rings.